The van der Waals surface area contributed by atoms with Crippen LogP contribution in [-0.2, 0) is 20.7 Å². The second-order valence-electron chi connectivity index (χ2n) is 7.20. The number of carbonyl (C=O) groups is 2. The van der Waals surface area contributed by atoms with Crippen molar-refractivity contribution in [3.63, 3.8) is 0 Å². The highest BCUT2D eigenvalue weighted by molar-refractivity contribution is 5.93. The summed E-state index contributed by atoms with van der Waals surface area (Å²) in [5.74, 6) is -0.346. The first-order chi connectivity index (χ1) is 14.5. The smallest absolute Gasteiger partial charge is 0.229 e. The average molecular weight is 415 g/mol. The first-order valence-corrected chi connectivity index (χ1v) is 9.96. The van der Waals surface area contributed by atoms with E-state index >= 15 is 0 Å². The highest BCUT2D eigenvalue weighted by Gasteiger charge is 2.28. The zero-order valence-corrected chi connectivity index (χ0v) is 17.0. The van der Waals surface area contributed by atoms with E-state index < -0.39 is 0 Å². The fourth-order valence-electron chi connectivity index (χ4n) is 3.32. The third-order valence-corrected chi connectivity index (χ3v) is 4.95. The van der Waals surface area contributed by atoms with Gasteiger partial charge >= 0.3 is 0 Å². The Morgan fingerprint density at radius 3 is 2.70 bits per heavy atom. The molecule has 0 bridgehead atoms. The van der Waals surface area contributed by atoms with E-state index in [4.69, 9.17) is 9.47 Å². The normalized spacial score (nSPS) is 16.2. The Morgan fingerprint density at radius 1 is 1.20 bits per heavy atom. The number of carbonyl (C=O) groups excluding carboxylic acids is 2. The van der Waals surface area contributed by atoms with Gasteiger partial charge in [-0.3, -0.25) is 9.59 Å². The second-order valence-corrected chi connectivity index (χ2v) is 7.20. The molecule has 1 aliphatic rings. The number of rotatable bonds is 8. The highest BCUT2D eigenvalue weighted by atomic mass is 19.1. The quantitative estimate of drug-likeness (QED) is 0.671. The SMILES string of the molecule is COCCOc1ccc(NC(=O)[C@H]2CCCN(C(=O)Cc3ccc(F)cc3)C2)cn1. The number of hydrogen-bond acceptors (Lipinski definition) is 5. The molecule has 1 atom stereocenters. The first kappa shape index (κ1) is 21.7. The topological polar surface area (TPSA) is 80.8 Å². The minimum absolute atomic E-state index is 0.0571. The van der Waals surface area contributed by atoms with E-state index in [9.17, 15) is 14.0 Å². The maximum absolute atomic E-state index is 13.0. The van der Waals surface area contributed by atoms with Gasteiger partial charge in [-0.2, -0.15) is 0 Å². The van der Waals surface area contributed by atoms with Gasteiger partial charge in [-0.25, -0.2) is 9.37 Å². The number of nitrogens with zero attached hydrogens (tertiary/aromatic N) is 2. The van der Waals surface area contributed by atoms with Crippen molar-refractivity contribution in [2.45, 2.75) is 19.3 Å². The number of amides is 2. The van der Waals surface area contributed by atoms with Crippen LogP contribution < -0.4 is 10.1 Å². The van der Waals surface area contributed by atoms with E-state index in [1.165, 1.54) is 12.1 Å². The predicted octanol–water partition coefficient (Wildman–Crippen LogP) is 2.67. The molecule has 1 saturated heterocycles. The van der Waals surface area contributed by atoms with Crippen LogP contribution in [-0.4, -0.2) is 55.1 Å². The van der Waals surface area contributed by atoms with Gasteiger partial charge in [0.1, 0.15) is 12.4 Å². The van der Waals surface area contributed by atoms with Crippen LogP contribution in [0.2, 0.25) is 0 Å². The molecular formula is C22H26FN3O4. The summed E-state index contributed by atoms with van der Waals surface area (Å²) >= 11 is 0. The van der Waals surface area contributed by atoms with Crippen molar-refractivity contribution in [3.8, 4) is 5.88 Å². The van der Waals surface area contributed by atoms with E-state index in [1.54, 1.807) is 42.5 Å². The van der Waals surface area contributed by atoms with E-state index in [0.717, 1.165) is 18.4 Å². The fourth-order valence-corrected chi connectivity index (χ4v) is 3.32. The van der Waals surface area contributed by atoms with Gasteiger partial charge in [0.2, 0.25) is 17.7 Å². The summed E-state index contributed by atoms with van der Waals surface area (Å²) in [5, 5.41) is 2.86. The Bertz CT molecular complexity index is 842. The number of hydrogen-bond donors (Lipinski definition) is 1. The van der Waals surface area contributed by atoms with Gasteiger partial charge in [0.25, 0.3) is 0 Å². The highest BCUT2D eigenvalue weighted by Crippen LogP contribution is 2.20. The van der Waals surface area contributed by atoms with Crippen LogP contribution in [0.25, 0.3) is 0 Å². The van der Waals surface area contributed by atoms with Gasteiger partial charge in [0, 0.05) is 26.3 Å². The Balaban J connectivity index is 1.51. The molecular weight excluding hydrogens is 389 g/mol. The van der Waals surface area contributed by atoms with E-state index in [2.05, 4.69) is 10.3 Å². The van der Waals surface area contributed by atoms with Crippen molar-refractivity contribution in [2.75, 3.05) is 38.7 Å². The molecule has 0 saturated carbocycles. The van der Waals surface area contributed by atoms with Crippen LogP contribution in [0.4, 0.5) is 10.1 Å². The molecule has 0 unspecified atom stereocenters. The lowest BCUT2D eigenvalue weighted by Crippen LogP contribution is -2.44. The lowest BCUT2D eigenvalue weighted by Gasteiger charge is -2.32. The van der Waals surface area contributed by atoms with Crippen LogP contribution in [0.3, 0.4) is 0 Å². The molecule has 7 nitrogen and oxygen atoms in total. The van der Waals surface area contributed by atoms with E-state index in [-0.39, 0.29) is 30.0 Å². The third-order valence-electron chi connectivity index (χ3n) is 4.95. The minimum atomic E-state index is -0.329. The second kappa shape index (κ2) is 10.7. The molecule has 0 spiro atoms. The molecule has 0 aliphatic carbocycles. The number of methoxy groups -OCH3 is 1. The molecule has 1 fully saturated rings. The summed E-state index contributed by atoms with van der Waals surface area (Å²) in [6.45, 7) is 1.87. The molecule has 8 heteroatoms. The molecule has 3 rings (SSSR count). The molecule has 30 heavy (non-hydrogen) atoms. The zero-order chi connectivity index (χ0) is 21.3. The largest absolute Gasteiger partial charge is 0.475 e. The molecule has 2 heterocycles. The van der Waals surface area contributed by atoms with Crippen LogP contribution >= 0.6 is 0 Å². The molecule has 2 amide bonds. The van der Waals surface area contributed by atoms with Crippen molar-refractivity contribution >= 4 is 17.5 Å². The Morgan fingerprint density at radius 2 is 2.00 bits per heavy atom. The maximum atomic E-state index is 13.0. The van der Waals surface area contributed by atoms with Crippen LogP contribution in [0, 0.1) is 11.7 Å². The van der Waals surface area contributed by atoms with Crippen molar-refractivity contribution in [2.24, 2.45) is 5.92 Å². The lowest BCUT2D eigenvalue weighted by molar-refractivity contribution is -0.133. The first-order valence-electron chi connectivity index (χ1n) is 9.96. The number of likely N-dealkylation sites (tertiary alicyclic amines) is 1. The van der Waals surface area contributed by atoms with Crippen molar-refractivity contribution < 1.29 is 23.5 Å². The molecule has 0 radical (unpaired) electrons. The summed E-state index contributed by atoms with van der Waals surface area (Å²) in [4.78, 5) is 31.1. The Hall–Kier alpha value is -3.00. The zero-order valence-electron chi connectivity index (χ0n) is 17.0. The number of benzene rings is 1. The van der Waals surface area contributed by atoms with Crippen LogP contribution in [0.15, 0.2) is 42.6 Å². The number of aromatic nitrogens is 1. The monoisotopic (exact) mass is 415 g/mol. The maximum Gasteiger partial charge on any atom is 0.229 e. The average Bonchev–Trinajstić information content (AvgIpc) is 2.77. The molecule has 1 aliphatic heterocycles. The van der Waals surface area contributed by atoms with Gasteiger partial charge in [0.05, 0.1) is 30.8 Å². The number of halogens is 1. The lowest BCUT2D eigenvalue weighted by atomic mass is 9.96. The minimum Gasteiger partial charge on any atom is -0.475 e. The number of pyridine rings is 1. The molecule has 1 aromatic heterocycles. The van der Waals surface area contributed by atoms with Gasteiger partial charge in [-0.05, 0) is 36.6 Å². The number of nitrogens with one attached hydrogen (secondary N) is 1. The molecule has 2 aromatic rings. The molecule has 1 N–H and O–H groups in total. The van der Waals surface area contributed by atoms with Crippen LogP contribution in [0.1, 0.15) is 18.4 Å². The fraction of sp³-hybridized carbons (Fsp3) is 0.409. The van der Waals surface area contributed by atoms with Gasteiger partial charge in [-0.15, -0.1) is 0 Å². The third kappa shape index (κ3) is 6.25. The van der Waals surface area contributed by atoms with Crippen molar-refractivity contribution in [3.05, 3.63) is 54.0 Å². The summed E-state index contributed by atoms with van der Waals surface area (Å²) in [7, 11) is 1.60. The Kier molecular flexibility index (Phi) is 7.73. The van der Waals surface area contributed by atoms with Crippen LogP contribution in [0.5, 0.6) is 5.88 Å². The predicted molar refractivity (Wildman–Crippen MR) is 110 cm³/mol. The van der Waals surface area contributed by atoms with E-state index in [0.29, 0.717) is 37.9 Å². The summed E-state index contributed by atoms with van der Waals surface area (Å²) < 4.78 is 23.4. The number of ether oxygens (including phenoxy) is 2. The van der Waals surface area contributed by atoms with Crippen molar-refractivity contribution in [1.82, 2.24) is 9.88 Å². The van der Waals surface area contributed by atoms with E-state index in [1.807, 2.05) is 0 Å². The summed E-state index contributed by atoms with van der Waals surface area (Å²) in [6, 6.07) is 9.32. The van der Waals surface area contributed by atoms with Gasteiger partial charge < -0.3 is 19.7 Å². The van der Waals surface area contributed by atoms with Gasteiger partial charge in [0.15, 0.2) is 0 Å². The Labute approximate surface area is 175 Å². The molecule has 1 aromatic carbocycles. The summed E-state index contributed by atoms with van der Waals surface area (Å²) in [5.41, 5.74) is 1.33. The number of piperidine rings is 1. The van der Waals surface area contributed by atoms with Gasteiger partial charge in [-0.1, -0.05) is 12.1 Å². The van der Waals surface area contributed by atoms with Crippen molar-refractivity contribution in [1.29, 1.82) is 0 Å². The summed E-state index contributed by atoms with van der Waals surface area (Å²) in [6.07, 6.45) is 3.22. The standard InChI is InChI=1S/C22H26FN3O4/c1-29-11-12-30-20-9-8-19(14-24-20)25-22(28)17-3-2-10-26(15-17)21(27)13-16-4-6-18(23)7-5-16/h4-9,14,17H,2-3,10-13,15H2,1H3,(H,25,28)/t17-/m0/s1. The molecule has 160 valence electrons. The number of anilines is 1.